The Morgan fingerprint density at radius 3 is 2.69 bits per heavy atom. The molecule has 3 aromatic rings. The second-order valence-corrected chi connectivity index (χ2v) is 10.1. The molecule has 5 rings (SSSR count). The van der Waals surface area contributed by atoms with Gasteiger partial charge in [0.05, 0.1) is 28.8 Å². The zero-order valence-electron chi connectivity index (χ0n) is 19.9. The third-order valence-electron chi connectivity index (χ3n) is 6.87. The predicted molar refractivity (Wildman–Crippen MR) is 135 cm³/mol. The number of imide groups is 1. The fourth-order valence-corrected chi connectivity index (χ4v) is 5.78. The third-order valence-corrected chi connectivity index (χ3v) is 7.82. The second-order valence-electron chi connectivity index (χ2n) is 9.19. The van der Waals surface area contributed by atoms with Gasteiger partial charge in [-0.15, -0.1) is 11.3 Å². The SMILES string of the molecule is CC(c1nccs1)N1C(=O)c2cccc(N3CCCC(C(=O)N(C)Cc4ccccc4)C3)c2C1=O. The molecular weight excluding hydrogens is 460 g/mol. The Morgan fingerprint density at radius 1 is 1.14 bits per heavy atom. The van der Waals surface area contributed by atoms with Gasteiger partial charge in [-0.25, -0.2) is 4.98 Å². The van der Waals surface area contributed by atoms with Crippen molar-refractivity contribution in [2.45, 2.75) is 32.4 Å². The molecule has 2 aliphatic heterocycles. The van der Waals surface area contributed by atoms with Crippen LogP contribution in [0, 0.1) is 5.92 Å². The van der Waals surface area contributed by atoms with Crippen molar-refractivity contribution in [1.82, 2.24) is 14.8 Å². The number of hydrogen-bond donors (Lipinski definition) is 0. The second kappa shape index (κ2) is 9.62. The average molecular weight is 489 g/mol. The van der Waals surface area contributed by atoms with Gasteiger partial charge in [0.25, 0.3) is 11.8 Å². The van der Waals surface area contributed by atoms with E-state index >= 15 is 0 Å². The lowest BCUT2D eigenvalue weighted by atomic mass is 9.94. The molecular formula is C27H28N4O3S. The number of piperidine rings is 1. The van der Waals surface area contributed by atoms with Crippen LogP contribution in [0.1, 0.15) is 57.1 Å². The van der Waals surface area contributed by atoms with E-state index < -0.39 is 6.04 Å². The van der Waals surface area contributed by atoms with Crippen LogP contribution in [0.2, 0.25) is 0 Å². The summed E-state index contributed by atoms with van der Waals surface area (Å²) in [6, 6.07) is 15.0. The van der Waals surface area contributed by atoms with Crippen LogP contribution in [0.3, 0.4) is 0 Å². The lowest BCUT2D eigenvalue weighted by Crippen LogP contribution is -2.44. The minimum Gasteiger partial charge on any atom is -0.370 e. The summed E-state index contributed by atoms with van der Waals surface area (Å²) in [6.45, 7) is 3.66. The fraction of sp³-hybridized carbons (Fsp3) is 0.333. The molecule has 0 radical (unpaired) electrons. The molecule has 7 nitrogen and oxygen atoms in total. The zero-order valence-corrected chi connectivity index (χ0v) is 20.7. The number of hydrogen-bond acceptors (Lipinski definition) is 6. The van der Waals surface area contributed by atoms with E-state index in [1.807, 2.05) is 61.8 Å². The monoisotopic (exact) mass is 488 g/mol. The molecule has 1 aromatic heterocycles. The molecule has 0 bridgehead atoms. The highest BCUT2D eigenvalue weighted by atomic mass is 32.1. The summed E-state index contributed by atoms with van der Waals surface area (Å²) >= 11 is 1.43. The Labute approximate surface area is 209 Å². The summed E-state index contributed by atoms with van der Waals surface area (Å²) < 4.78 is 0. The van der Waals surface area contributed by atoms with E-state index in [0.29, 0.717) is 24.2 Å². The third kappa shape index (κ3) is 4.34. The van der Waals surface area contributed by atoms with Gasteiger partial charge in [-0.05, 0) is 37.5 Å². The molecule has 2 aliphatic rings. The average Bonchev–Trinajstić information content (AvgIpc) is 3.51. The molecule has 180 valence electrons. The van der Waals surface area contributed by atoms with E-state index in [1.165, 1.54) is 16.2 Å². The largest absolute Gasteiger partial charge is 0.370 e. The van der Waals surface area contributed by atoms with E-state index in [4.69, 9.17) is 0 Å². The van der Waals surface area contributed by atoms with Gasteiger partial charge in [0.1, 0.15) is 5.01 Å². The smallest absolute Gasteiger partial charge is 0.264 e. The maximum atomic E-state index is 13.5. The highest BCUT2D eigenvalue weighted by molar-refractivity contribution is 7.09. The van der Waals surface area contributed by atoms with Crippen LogP contribution in [-0.4, -0.2) is 52.6 Å². The molecule has 2 aromatic carbocycles. The minimum absolute atomic E-state index is 0.104. The molecule has 35 heavy (non-hydrogen) atoms. The summed E-state index contributed by atoms with van der Waals surface area (Å²) in [5.74, 6) is -0.641. The van der Waals surface area contributed by atoms with Gasteiger partial charge in [-0.2, -0.15) is 0 Å². The standard InChI is InChI=1S/C27H28N4O3S/c1-18(24-28-13-15-35-24)31-26(33)21-11-6-12-22(23(21)27(31)34)30-14-7-10-20(17-30)25(32)29(2)16-19-8-4-3-5-9-19/h3-6,8-9,11-13,15,18,20H,7,10,14,16-17H2,1-2H3. The Hall–Kier alpha value is -3.52. The number of aromatic nitrogens is 1. The van der Waals surface area contributed by atoms with E-state index in [9.17, 15) is 14.4 Å². The van der Waals surface area contributed by atoms with Crippen molar-refractivity contribution in [3.05, 3.63) is 81.8 Å². The number of anilines is 1. The Morgan fingerprint density at radius 2 is 1.94 bits per heavy atom. The Balaban J connectivity index is 1.36. The number of benzene rings is 2. The van der Waals surface area contributed by atoms with Gasteiger partial charge in [-0.3, -0.25) is 19.3 Å². The van der Waals surface area contributed by atoms with Crippen LogP contribution < -0.4 is 4.90 Å². The summed E-state index contributed by atoms with van der Waals surface area (Å²) in [4.78, 5) is 49.5. The first-order valence-corrected chi connectivity index (χ1v) is 12.8. The fourth-order valence-electron chi connectivity index (χ4n) is 5.10. The van der Waals surface area contributed by atoms with Crippen LogP contribution in [0.25, 0.3) is 0 Å². The molecule has 0 saturated carbocycles. The van der Waals surface area contributed by atoms with Crippen molar-refractivity contribution >= 4 is 34.7 Å². The summed E-state index contributed by atoms with van der Waals surface area (Å²) in [6.07, 6.45) is 3.34. The van der Waals surface area contributed by atoms with Crippen molar-refractivity contribution < 1.29 is 14.4 Å². The van der Waals surface area contributed by atoms with Gasteiger partial charge in [-0.1, -0.05) is 36.4 Å². The lowest BCUT2D eigenvalue weighted by Gasteiger charge is -2.36. The number of rotatable bonds is 6. The van der Waals surface area contributed by atoms with Gasteiger partial charge in [0.2, 0.25) is 5.91 Å². The Kier molecular flexibility index (Phi) is 6.38. The maximum Gasteiger partial charge on any atom is 0.264 e. The van der Waals surface area contributed by atoms with E-state index in [0.717, 1.165) is 35.6 Å². The molecule has 0 aliphatic carbocycles. The van der Waals surface area contributed by atoms with Crippen molar-refractivity contribution in [1.29, 1.82) is 0 Å². The molecule has 8 heteroatoms. The van der Waals surface area contributed by atoms with Crippen LogP contribution in [0.15, 0.2) is 60.1 Å². The lowest BCUT2D eigenvalue weighted by molar-refractivity contribution is -0.135. The molecule has 2 unspecified atom stereocenters. The van der Waals surface area contributed by atoms with Gasteiger partial charge < -0.3 is 9.80 Å². The van der Waals surface area contributed by atoms with E-state index in [1.54, 1.807) is 17.2 Å². The number of amides is 3. The van der Waals surface area contributed by atoms with E-state index in [-0.39, 0.29) is 23.6 Å². The van der Waals surface area contributed by atoms with Crippen molar-refractivity contribution in [3.63, 3.8) is 0 Å². The van der Waals surface area contributed by atoms with Gasteiger partial charge in [0.15, 0.2) is 0 Å². The quantitative estimate of drug-likeness (QED) is 0.482. The van der Waals surface area contributed by atoms with Crippen LogP contribution in [-0.2, 0) is 11.3 Å². The maximum absolute atomic E-state index is 13.5. The topological polar surface area (TPSA) is 73.8 Å². The number of carbonyl (C=O) groups excluding carboxylic acids is 3. The van der Waals surface area contributed by atoms with Crippen molar-refractivity contribution in [3.8, 4) is 0 Å². The highest BCUT2D eigenvalue weighted by Crippen LogP contribution is 2.38. The number of nitrogens with zero attached hydrogens (tertiary/aromatic N) is 4. The van der Waals surface area contributed by atoms with Crippen LogP contribution in [0.5, 0.6) is 0 Å². The van der Waals surface area contributed by atoms with Crippen molar-refractivity contribution in [2.24, 2.45) is 5.92 Å². The molecule has 3 amide bonds. The molecule has 2 atom stereocenters. The van der Waals surface area contributed by atoms with Crippen LogP contribution >= 0.6 is 11.3 Å². The number of carbonyl (C=O) groups is 3. The van der Waals surface area contributed by atoms with Gasteiger partial charge in [0, 0.05) is 38.3 Å². The predicted octanol–water partition coefficient (Wildman–Crippen LogP) is 4.38. The molecule has 1 fully saturated rings. The molecule has 0 N–H and O–H groups in total. The first-order valence-electron chi connectivity index (χ1n) is 11.9. The van der Waals surface area contributed by atoms with Gasteiger partial charge >= 0.3 is 0 Å². The van der Waals surface area contributed by atoms with Crippen LogP contribution in [0.4, 0.5) is 5.69 Å². The molecule has 0 spiro atoms. The molecule has 1 saturated heterocycles. The summed E-state index contributed by atoms with van der Waals surface area (Å²) in [5.41, 5.74) is 2.69. The zero-order chi connectivity index (χ0) is 24.5. The van der Waals surface area contributed by atoms with Crippen molar-refractivity contribution in [2.75, 3.05) is 25.0 Å². The van der Waals surface area contributed by atoms with E-state index in [2.05, 4.69) is 9.88 Å². The Bertz CT molecular complexity index is 1240. The first kappa shape index (κ1) is 23.2. The summed E-state index contributed by atoms with van der Waals surface area (Å²) in [7, 11) is 1.84. The number of thiazole rings is 1. The highest BCUT2D eigenvalue weighted by Gasteiger charge is 2.42. The molecule has 3 heterocycles. The number of fused-ring (bicyclic) bond motifs is 1. The first-order chi connectivity index (χ1) is 17.0. The minimum atomic E-state index is -0.433. The normalized spacial score (nSPS) is 18.5. The summed E-state index contributed by atoms with van der Waals surface area (Å²) in [5, 5.41) is 2.57.